The molecule has 4 aromatic rings. The summed E-state index contributed by atoms with van der Waals surface area (Å²) in [5, 5.41) is 8.19. The van der Waals surface area contributed by atoms with Crippen molar-refractivity contribution in [2.24, 2.45) is 0 Å². The molecule has 0 atom stereocenters. The van der Waals surface area contributed by atoms with Crippen molar-refractivity contribution in [2.75, 3.05) is 78.5 Å². The minimum Gasteiger partial charge on any atom is -0.338 e. The predicted octanol–water partition coefficient (Wildman–Crippen LogP) is 1.82. The molecule has 4 saturated heterocycles. The van der Waals surface area contributed by atoms with E-state index in [9.17, 15) is 19.2 Å². The van der Waals surface area contributed by atoms with E-state index in [4.69, 9.17) is 0 Å². The molecular formula is C36H44N12O4. The molecule has 4 aliphatic rings. The number of piperazine rings is 2. The zero-order chi connectivity index (χ0) is 35.9. The van der Waals surface area contributed by atoms with Crippen LogP contribution in [0, 0.1) is 0 Å². The van der Waals surface area contributed by atoms with E-state index in [1.807, 2.05) is 30.5 Å². The van der Waals surface area contributed by atoms with Crippen molar-refractivity contribution in [3.05, 3.63) is 96.1 Å². The maximum absolute atomic E-state index is 12.6. The zero-order valence-electron chi connectivity index (χ0n) is 29.2. The topological polar surface area (TPSA) is 149 Å². The third-order valence-corrected chi connectivity index (χ3v) is 9.86. The quantitative estimate of drug-likeness (QED) is 0.291. The maximum atomic E-state index is 12.6. The Kier molecular flexibility index (Phi) is 10.9. The van der Waals surface area contributed by atoms with Crippen LogP contribution < -0.4 is 0 Å². The average Bonchev–Trinajstić information content (AvgIpc) is 3.83. The Bertz CT molecular complexity index is 1690. The van der Waals surface area contributed by atoms with E-state index in [1.165, 1.54) is 27.3 Å². The largest absolute Gasteiger partial charge is 0.344 e. The summed E-state index contributed by atoms with van der Waals surface area (Å²) in [6.07, 6.45) is 13.6. The molecule has 16 heteroatoms. The van der Waals surface area contributed by atoms with Crippen molar-refractivity contribution in [2.45, 2.75) is 25.9 Å². The zero-order valence-corrected chi connectivity index (χ0v) is 29.2. The molecule has 0 aromatic carbocycles. The van der Waals surface area contributed by atoms with Gasteiger partial charge in [0.25, 0.3) is 11.8 Å². The number of rotatable bonds is 6. The van der Waals surface area contributed by atoms with Crippen molar-refractivity contribution >= 4 is 23.9 Å². The predicted molar refractivity (Wildman–Crippen MR) is 189 cm³/mol. The van der Waals surface area contributed by atoms with Crippen LogP contribution in [-0.2, 0) is 13.1 Å². The van der Waals surface area contributed by atoms with Crippen LogP contribution in [0.15, 0.2) is 73.7 Å². The van der Waals surface area contributed by atoms with Crippen LogP contribution in [0.4, 0.5) is 9.59 Å². The number of hydrogen-bond acceptors (Lipinski definition) is 10. The lowest BCUT2D eigenvalue weighted by Crippen LogP contribution is -2.49. The Morgan fingerprint density at radius 3 is 1.52 bits per heavy atom. The summed E-state index contributed by atoms with van der Waals surface area (Å²) in [5.74, 6) is -0.0907. The molecule has 0 saturated carbocycles. The fourth-order valence-electron chi connectivity index (χ4n) is 6.43. The van der Waals surface area contributed by atoms with Gasteiger partial charge in [0, 0.05) is 123 Å². The number of carbonyl (C=O) groups excluding carboxylic acids is 4. The fourth-order valence-corrected chi connectivity index (χ4v) is 6.43. The Hall–Kier alpha value is -5.48. The molecule has 16 nitrogen and oxygen atoms in total. The van der Waals surface area contributed by atoms with E-state index in [0.29, 0.717) is 37.3 Å². The van der Waals surface area contributed by atoms with Crippen molar-refractivity contribution in [1.82, 2.24) is 58.9 Å². The molecule has 272 valence electrons. The van der Waals surface area contributed by atoms with Crippen molar-refractivity contribution in [3.8, 4) is 0 Å². The Labute approximate surface area is 302 Å². The van der Waals surface area contributed by atoms with Crippen LogP contribution in [0.25, 0.3) is 0 Å². The summed E-state index contributed by atoms with van der Waals surface area (Å²) in [5.41, 5.74) is 3.17. The molecular weight excluding hydrogens is 664 g/mol. The highest BCUT2D eigenvalue weighted by Crippen LogP contribution is 2.15. The van der Waals surface area contributed by atoms with Crippen LogP contribution in [0.5, 0.6) is 0 Å². The van der Waals surface area contributed by atoms with Crippen LogP contribution in [0.1, 0.15) is 44.8 Å². The molecule has 0 unspecified atom stereocenters. The molecule has 0 N–H and O–H groups in total. The van der Waals surface area contributed by atoms with Gasteiger partial charge in [0.1, 0.15) is 0 Å². The van der Waals surface area contributed by atoms with E-state index >= 15 is 0 Å². The molecule has 0 aliphatic carbocycles. The molecule has 8 heterocycles. The second-order valence-electron chi connectivity index (χ2n) is 13.4. The molecule has 4 fully saturated rings. The number of aromatic nitrogens is 6. The smallest absolute Gasteiger partial charge is 0.338 e. The number of nitrogens with zero attached hydrogens (tertiary/aromatic N) is 12. The number of pyridine rings is 2. The van der Waals surface area contributed by atoms with Gasteiger partial charge in [-0.2, -0.15) is 19.6 Å². The lowest BCUT2D eigenvalue weighted by molar-refractivity contribution is 0.0644. The van der Waals surface area contributed by atoms with Crippen molar-refractivity contribution in [3.63, 3.8) is 0 Å². The summed E-state index contributed by atoms with van der Waals surface area (Å²) in [4.78, 5) is 69.8. The van der Waals surface area contributed by atoms with Gasteiger partial charge in [0.15, 0.2) is 0 Å². The highest BCUT2D eigenvalue weighted by Gasteiger charge is 2.28. The van der Waals surface area contributed by atoms with Crippen LogP contribution in [0.3, 0.4) is 0 Å². The normalized spacial score (nSPS) is 17.8. The monoisotopic (exact) mass is 708 g/mol. The molecule has 4 aliphatic heterocycles. The maximum Gasteiger partial charge on any atom is 0.344 e. The number of likely N-dealkylation sites (tertiary alicyclic amines) is 2. The van der Waals surface area contributed by atoms with Crippen LogP contribution in [0.2, 0.25) is 0 Å². The summed E-state index contributed by atoms with van der Waals surface area (Å²) < 4.78 is 2.56. The molecule has 0 spiro atoms. The summed E-state index contributed by atoms with van der Waals surface area (Å²) in [7, 11) is 0. The van der Waals surface area contributed by atoms with Gasteiger partial charge in [-0.25, -0.2) is 9.59 Å². The number of amides is 4. The lowest BCUT2D eigenvalue weighted by Gasteiger charge is -2.34. The van der Waals surface area contributed by atoms with E-state index in [1.54, 1.807) is 44.4 Å². The van der Waals surface area contributed by atoms with E-state index in [-0.39, 0.29) is 23.9 Å². The van der Waals surface area contributed by atoms with Gasteiger partial charge in [-0.15, -0.1) is 0 Å². The summed E-state index contributed by atoms with van der Waals surface area (Å²) in [6.45, 7) is 10.6. The standard InChI is InChI=1S/2C18H22N6O2/c25-17(22-5-2-6-22)16-12-20-24(14-16)18(26)23-9-7-21(8-10-23)13-15-3-1-4-19-11-15;25-17(22-6-3-7-22)15-12-20-24(13-15)18(26)23-10-8-21(9-11-23)14-16-4-1-2-5-19-16/h1,3-4,11-12,14H,2,5-10,13H2;1-2,4-5,12-13H,3,6-11,14H2. The number of hydrogen-bond donors (Lipinski definition) is 0. The van der Waals surface area contributed by atoms with Gasteiger partial charge in [0.2, 0.25) is 0 Å². The molecule has 4 aromatic heterocycles. The fraction of sp³-hybridized carbons (Fsp3) is 0.444. The highest BCUT2D eigenvalue weighted by molar-refractivity contribution is 5.95. The second-order valence-corrected chi connectivity index (χ2v) is 13.4. The molecule has 4 amide bonds. The van der Waals surface area contributed by atoms with Gasteiger partial charge < -0.3 is 19.6 Å². The lowest BCUT2D eigenvalue weighted by atomic mass is 10.2. The first kappa shape index (κ1) is 34.9. The third kappa shape index (κ3) is 8.35. The molecule has 0 bridgehead atoms. The molecule has 0 radical (unpaired) electrons. The molecule has 52 heavy (non-hydrogen) atoms. The SMILES string of the molecule is O=C(c1cnn(C(=O)N2CCN(Cc3ccccn3)CC2)c1)N1CCC1.O=C(c1cnn(C(=O)N2CCN(Cc3cccnc3)CC2)c1)N1CCC1. The van der Waals surface area contributed by atoms with E-state index in [2.05, 4.69) is 36.0 Å². The Morgan fingerprint density at radius 1 is 0.538 bits per heavy atom. The van der Waals surface area contributed by atoms with Gasteiger partial charge >= 0.3 is 12.1 Å². The second kappa shape index (κ2) is 16.2. The first-order valence-corrected chi connectivity index (χ1v) is 17.9. The Balaban J connectivity index is 0.000000162. The number of carbonyl (C=O) groups is 4. The van der Waals surface area contributed by atoms with E-state index in [0.717, 1.165) is 84.0 Å². The van der Waals surface area contributed by atoms with Crippen LogP contribution in [-0.4, -0.2) is 161 Å². The van der Waals surface area contributed by atoms with Crippen molar-refractivity contribution < 1.29 is 19.2 Å². The molecule has 8 rings (SSSR count). The first-order chi connectivity index (χ1) is 25.4. The summed E-state index contributed by atoms with van der Waals surface area (Å²) >= 11 is 0. The third-order valence-electron chi connectivity index (χ3n) is 9.86. The minimum absolute atomic E-state index is 0.0448. The Morgan fingerprint density at radius 2 is 1.08 bits per heavy atom. The van der Waals surface area contributed by atoms with Gasteiger partial charge in [-0.05, 0) is 36.6 Å². The first-order valence-electron chi connectivity index (χ1n) is 17.9. The van der Waals surface area contributed by atoms with Gasteiger partial charge in [0.05, 0.1) is 29.2 Å². The van der Waals surface area contributed by atoms with Gasteiger partial charge in [-0.3, -0.25) is 29.4 Å². The minimum atomic E-state index is -0.176. The van der Waals surface area contributed by atoms with Crippen molar-refractivity contribution in [1.29, 1.82) is 0 Å². The highest BCUT2D eigenvalue weighted by atomic mass is 16.2. The van der Waals surface area contributed by atoms with E-state index < -0.39 is 0 Å². The summed E-state index contributed by atoms with van der Waals surface area (Å²) in [6, 6.07) is 9.55. The van der Waals surface area contributed by atoms with Crippen LogP contribution >= 0.6 is 0 Å². The average molecular weight is 709 g/mol. The van der Waals surface area contributed by atoms with Gasteiger partial charge in [-0.1, -0.05) is 12.1 Å².